The van der Waals surface area contributed by atoms with Gasteiger partial charge in [0.15, 0.2) is 0 Å². The summed E-state index contributed by atoms with van der Waals surface area (Å²) in [6.45, 7) is 5.83. The van der Waals surface area contributed by atoms with Crippen LogP contribution in [0.3, 0.4) is 0 Å². The van der Waals surface area contributed by atoms with E-state index in [0.29, 0.717) is 17.4 Å². The summed E-state index contributed by atoms with van der Waals surface area (Å²) in [6.07, 6.45) is 2.81. The third-order valence-electron chi connectivity index (χ3n) is 5.03. The van der Waals surface area contributed by atoms with Crippen LogP contribution in [0.1, 0.15) is 20.3 Å². The number of hydrogen-bond acceptors (Lipinski definition) is 3. The lowest BCUT2D eigenvalue weighted by atomic mass is 9.92. The summed E-state index contributed by atoms with van der Waals surface area (Å²) in [5, 5.41) is 6.01. The van der Waals surface area contributed by atoms with Crippen molar-refractivity contribution >= 4 is 27.7 Å². The zero-order chi connectivity index (χ0) is 17.6. The van der Waals surface area contributed by atoms with Gasteiger partial charge in [0.05, 0.1) is 6.20 Å². The molecule has 0 saturated carbocycles. The van der Waals surface area contributed by atoms with Gasteiger partial charge in [-0.15, -0.1) is 0 Å². The first kappa shape index (κ1) is 15.9. The van der Waals surface area contributed by atoms with Gasteiger partial charge in [-0.25, -0.2) is 4.68 Å². The largest absolute Gasteiger partial charge is 0.350 e. The van der Waals surface area contributed by atoms with Crippen LogP contribution in [-0.4, -0.2) is 38.7 Å². The maximum absolute atomic E-state index is 12.7. The Balaban J connectivity index is 1.65. The van der Waals surface area contributed by atoms with Gasteiger partial charge in [-0.2, -0.15) is 5.10 Å². The molecule has 1 fully saturated rings. The molecule has 1 aliphatic heterocycles. The fraction of sp³-hybridized carbons (Fsp3) is 0.421. The van der Waals surface area contributed by atoms with Crippen LogP contribution in [0.4, 0.5) is 0 Å². The van der Waals surface area contributed by atoms with Gasteiger partial charge < -0.3 is 9.88 Å². The van der Waals surface area contributed by atoms with Gasteiger partial charge in [-0.1, -0.05) is 32.0 Å². The van der Waals surface area contributed by atoms with Crippen molar-refractivity contribution < 1.29 is 4.79 Å². The fourth-order valence-electron chi connectivity index (χ4n) is 3.98. The third-order valence-corrected chi connectivity index (χ3v) is 5.03. The molecule has 1 amide bonds. The van der Waals surface area contributed by atoms with Crippen LogP contribution in [0.5, 0.6) is 0 Å². The standard InChI is InChI=1S/C19H22N4O2/c1-12-7-13(2)10-22(9-12)17(24)11-23-19(25)18-15(8-20-23)14-5-3-4-6-16(14)21-18/h3-6,8,12-13,21H,7,9-11H2,1-2H3. The predicted molar refractivity (Wildman–Crippen MR) is 97.4 cm³/mol. The number of aromatic amines is 1. The van der Waals surface area contributed by atoms with Gasteiger partial charge >= 0.3 is 0 Å². The second kappa shape index (κ2) is 6.02. The molecule has 25 heavy (non-hydrogen) atoms. The topological polar surface area (TPSA) is 71.0 Å². The van der Waals surface area contributed by atoms with Crippen LogP contribution >= 0.6 is 0 Å². The molecule has 6 nitrogen and oxygen atoms in total. The first-order valence-corrected chi connectivity index (χ1v) is 8.77. The molecule has 0 radical (unpaired) electrons. The van der Waals surface area contributed by atoms with Gasteiger partial charge in [-0.3, -0.25) is 9.59 Å². The van der Waals surface area contributed by atoms with E-state index in [4.69, 9.17) is 0 Å². The van der Waals surface area contributed by atoms with Crippen molar-refractivity contribution in [3.8, 4) is 0 Å². The molecular weight excluding hydrogens is 316 g/mol. The monoisotopic (exact) mass is 338 g/mol. The molecule has 3 heterocycles. The number of H-pyrrole nitrogens is 1. The molecule has 130 valence electrons. The SMILES string of the molecule is CC1CC(C)CN(C(=O)Cn2ncc3c([nH]c4ccccc43)c2=O)C1. The van der Waals surface area contributed by atoms with E-state index >= 15 is 0 Å². The number of aromatic nitrogens is 3. The van der Waals surface area contributed by atoms with E-state index in [-0.39, 0.29) is 18.0 Å². The van der Waals surface area contributed by atoms with Crippen molar-refractivity contribution in [2.75, 3.05) is 13.1 Å². The van der Waals surface area contributed by atoms with Crippen LogP contribution in [-0.2, 0) is 11.3 Å². The van der Waals surface area contributed by atoms with Crippen molar-refractivity contribution in [1.82, 2.24) is 19.7 Å². The molecule has 2 atom stereocenters. The normalized spacial score (nSPS) is 21.1. The van der Waals surface area contributed by atoms with E-state index in [2.05, 4.69) is 23.9 Å². The van der Waals surface area contributed by atoms with Crippen molar-refractivity contribution in [2.24, 2.45) is 11.8 Å². The summed E-state index contributed by atoms with van der Waals surface area (Å²) in [6, 6.07) is 7.75. The van der Waals surface area contributed by atoms with Crippen LogP contribution < -0.4 is 5.56 Å². The summed E-state index contributed by atoms with van der Waals surface area (Å²) < 4.78 is 1.27. The zero-order valence-corrected chi connectivity index (χ0v) is 14.5. The van der Waals surface area contributed by atoms with E-state index in [1.165, 1.54) is 4.68 Å². The molecule has 0 bridgehead atoms. The molecule has 1 saturated heterocycles. The zero-order valence-electron chi connectivity index (χ0n) is 14.5. The van der Waals surface area contributed by atoms with Gasteiger partial charge in [0.2, 0.25) is 5.91 Å². The Morgan fingerprint density at radius 2 is 1.92 bits per heavy atom. The van der Waals surface area contributed by atoms with E-state index in [9.17, 15) is 9.59 Å². The summed E-state index contributed by atoms with van der Waals surface area (Å²) in [7, 11) is 0. The Morgan fingerprint density at radius 1 is 1.20 bits per heavy atom. The Bertz CT molecular complexity index is 993. The Morgan fingerprint density at radius 3 is 2.68 bits per heavy atom. The molecule has 1 aliphatic rings. The Hall–Kier alpha value is -2.63. The third kappa shape index (κ3) is 2.81. The number of carbonyl (C=O) groups excluding carboxylic acids is 1. The summed E-state index contributed by atoms with van der Waals surface area (Å²) >= 11 is 0. The number of carbonyl (C=O) groups is 1. The molecule has 0 aliphatic carbocycles. The minimum atomic E-state index is -0.250. The quantitative estimate of drug-likeness (QED) is 0.780. The van der Waals surface area contributed by atoms with Crippen LogP contribution in [0.25, 0.3) is 21.8 Å². The molecule has 1 N–H and O–H groups in total. The minimum absolute atomic E-state index is 0.0103. The lowest BCUT2D eigenvalue weighted by Gasteiger charge is -2.35. The highest BCUT2D eigenvalue weighted by atomic mass is 16.2. The number of nitrogens with one attached hydrogen (secondary N) is 1. The van der Waals surface area contributed by atoms with Crippen molar-refractivity contribution in [1.29, 1.82) is 0 Å². The number of fused-ring (bicyclic) bond motifs is 3. The summed E-state index contributed by atoms with van der Waals surface area (Å²) in [5.74, 6) is 0.950. The second-order valence-electron chi connectivity index (χ2n) is 7.31. The highest BCUT2D eigenvalue weighted by Crippen LogP contribution is 2.22. The maximum atomic E-state index is 12.7. The number of amides is 1. The molecule has 1 aromatic carbocycles. The second-order valence-corrected chi connectivity index (χ2v) is 7.31. The Labute approximate surface area is 145 Å². The lowest BCUT2D eigenvalue weighted by Crippen LogP contribution is -2.45. The number of hydrogen-bond donors (Lipinski definition) is 1. The van der Waals surface area contributed by atoms with Crippen LogP contribution in [0.2, 0.25) is 0 Å². The van der Waals surface area contributed by atoms with Crippen LogP contribution in [0, 0.1) is 11.8 Å². The molecule has 6 heteroatoms. The van der Waals surface area contributed by atoms with Crippen molar-refractivity contribution in [3.63, 3.8) is 0 Å². The molecule has 0 spiro atoms. The minimum Gasteiger partial charge on any atom is -0.350 e. The number of likely N-dealkylation sites (tertiary alicyclic amines) is 1. The number of para-hydroxylation sites is 1. The summed E-state index contributed by atoms with van der Waals surface area (Å²) in [5.41, 5.74) is 1.16. The first-order chi connectivity index (χ1) is 12.0. The first-order valence-electron chi connectivity index (χ1n) is 8.77. The molecule has 3 aromatic rings. The van der Waals surface area contributed by atoms with Gasteiger partial charge in [0.1, 0.15) is 12.1 Å². The molecule has 4 rings (SSSR count). The van der Waals surface area contributed by atoms with Crippen molar-refractivity contribution in [2.45, 2.75) is 26.8 Å². The summed E-state index contributed by atoms with van der Waals surface area (Å²) in [4.78, 5) is 30.4. The maximum Gasteiger partial charge on any atom is 0.291 e. The van der Waals surface area contributed by atoms with Crippen LogP contribution in [0.15, 0.2) is 35.3 Å². The van der Waals surface area contributed by atoms with Gasteiger partial charge in [0, 0.05) is 29.4 Å². The van der Waals surface area contributed by atoms with E-state index in [1.807, 2.05) is 29.2 Å². The smallest absolute Gasteiger partial charge is 0.291 e. The van der Waals surface area contributed by atoms with Gasteiger partial charge in [-0.05, 0) is 24.3 Å². The number of piperidine rings is 1. The van der Waals surface area contributed by atoms with Crippen molar-refractivity contribution in [3.05, 3.63) is 40.8 Å². The number of benzene rings is 1. The molecule has 2 unspecified atom stereocenters. The predicted octanol–water partition coefficient (Wildman–Crippen LogP) is 2.38. The average Bonchev–Trinajstić information content (AvgIpc) is 2.96. The van der Waals surface area contributed by atoms with Gasteiger partial charge in [0.25, 0.3) is 5.56 Å². The highest BCUT2D eigenvalue weighted by molar-refractivity contribution is 6.06. The molecule has 2 aromatic heterocycles. The number of rotatable bonds is 2. The highest BCUT2D eigenvalue weighted by Gasteiger charge is 2.26. The average molecular weight is 338 g/mol. The van der Waals surface area contributed by atoms with E-state index in [1.54, 1.807) is 6.20 Å². The fourth-order valence-corrected chi connectivity index (χ4v) is 3.98. The lowest BCUT2D eigenvalue weighted by molar-refractivity contribution is -0.134. The van der Waals surface area contributed by atoms with E-state index in [0.717, 1.165) is 35.8 Å². The van der Waals surface area contributed by atoms with E-state index < -0.39 is 0 Å². The molecular formula is C19H22N4O2. The number of nitrogens with zero attached hydrogens (tertiary/aromatic N) is 3. The Kier molecular flexibility index (Phi) is 3.82.